The molecule has 1 aromatic carbocycles. The number of carbonyl (C=O) groups is 1. The van der Waals surface area contributed by atoms with Crippen molar-refractivity contribution in [3.8, 4) is 17.7 Å². The molecule has 0 atom stereocenters. The molecule has 0 radical (unpaired) electrons. The SMILES string of the molecule is N#Cc1nccnc1Oc1ccc(NC(=O)C2CCN(c3cnccn3)CC2)cc1. The number of benzene rings is 1. The molecule has 0 aliphatic carbocycles. The van der Waals surface area contributed by atoms with Crippen molar-refractivity contribution in [3.63, 3.8) is 0 Å². The summed E-state index contributed by atoms with van der Waals surface area (Å²) in [4.78, 5) is 31.1. The average molecular weight is 401 g/mol. The number of nitriles is 1. The summed E-state index contributed by atoms with van der Waals surface area (Å²) in [5.41, 5.74) is 0.797. The lowest BCUT2D eigenvalue weighted by Crippen LogP contribution is -2.38. The van der Waals surface area contributed by atoms with Crippen molar-refractivity contribution < 1.29 is 9.53 Å². The molecule has 3 aromatic rings. The Hall–Kier alpha value is -4.06. The predicted molar refractivity (Wildman–Crippen MR) is 109 cm³/mol. The van der Waals surface area contributed by atoms with Gasteiger partial charge in [0.15, 0.2) is 0 Å². The highest BCUT2D eigenvalue weighted by molar-refractivity contribution is 5.92. The largest absolute Gasteiger partial charge is 0.436 e. The van der Waals surface area contributed by atoms with Crippen LogP contribution in [0.3, 0.4) is 0 Å². The number of carbonyl (C=O) groups excluding carboxylic acids is 1. The first-order valence-corrected chi connectivity index (χ1v) is 9.54. The van der Waals surface area contributed by atoms with Gasteiger partial charge < -0.3 is 15.0 Å². The number of ether oxygens (including phenoxy) is 1. The molecule has 1 amide bonds. The summed E-state index contributed by atoms with van der Waals surface area (Å²) in [7, 11) is 0. The maximum atomic E-state index is 12.6. The zero-order chi connectivity index (χ0) is 20.8. The van der Waals surface area contributed by atoms with Gasteiger partial charge in [-0.05, 0) is 37.1 Å². The molecule has 150 valence electrons. The lowest BCUT2D eigenvalue weighted by molar-refractivity contribution is -0.120. The molecule has 1 N–H and O–H groups in total. The molecule has 1 fully saturated rings. The van der Waals surface area contributed by atoms with Crippen molar-refractivity contribution >= 4 is 17.4 Å². The van der Waals surface area contributed by atoms with Crippen LogP contribution in [0.5, 0.6) is 11.6 Å². The lowest BCUT2D eigenvalue weighted by atomic mass is 9.96. The van der Waals surface area contributed by atoms with Crippen molar-refractivity contribution in [2.24, 2.45) is 5.92 Å². The van der Waals surface area contributed by atoms with E-state index in [9.17, 15) is 4.79 Å². The van der Waals surface area contributed by atoms with Crippen molar-refractivity contribution in [3.05, 3.63) is 60.9 Å². The Morgan fingerprint density at radius 2 is 1.80 bits per heavy atom. The van der Waals surface area contributed by atoms with Crippen molar-refractivity contribution in [1.82, 2.24) is 19.9 Å². The Morgan fingerprint density at radius 3 is 2.50 bits per heavy atom. The summed E-state index contributed by atoms with van der Waals surface area (Å²) in [5, 5.41) is 12.0. The number of rotatable bonds is 5. The van der Waals surface area contributed by atoms with Crippen molar-refractivity contribution in [2.75, 3.05) is 23.3 Å². The average Bonchev–Trinajstić information content (AvgIpc) is 2.81. The van der Waals surface area contributed by atoms with E-state index in [4.69, 9.17) is 10.00 Å². The molecule has 1 aliphatic heterocycles. The number of hydrogen-bond donors (Lipinski definition) is 1. The highest BCUT2D eigenvalue weighted by atomic mass is 16.5. The molecule has 2 aromatic heterocycles. The molecular formula is C21H19N7O2. The molecule has 30 heavy (non-hydrogen) atoms. The van der Waals surface area contributed by atoms with Crippen LogP contribution >= 0.6 is 0 Å². The topological polar surface area (TPSA) is 117 Å². The number of amides is 1. The number of hydrogen-bond acceptors (Lipinski definition) is 8. The van der Waals surface area contributed by atoms with Gasteiger partial charge >= 0.3 is 0 Å². The van der Waals surface area contributed by atoms with Crippen LogP contribution in [0.1, 0.15) is 18.5 Å². The van der Waals surface area contributed by atoms with Crippen LogP contribution in [0, 0.1) is 17.2 Å². The van der Waals surface area contributed by atoms with Gasteiger partial charge in [0.2, 0.25) is 11.6 Å². The quantitative estimate of drug-likeness (QED) is 0.694. The summed E-state index contributed by atoms with van der Waals surface area (Å²) >= 11 is 0. The minimum atomic E-state index is -0.0494. The Kier molecular flexibility index (Phi) is 5.75. The molecular weight excluding hydrogens is 382 g/mol. The van der Waals surface area contributed by atoms with Crippen LogP contribution in [-0.2, 0) is 4.79 Å². The number of nitrogens with zero attached hydrogens (tertiary/aromatic N) is 6. The molecule has 9 heteroatoms. The van der Waals surface area contributed by atoms with E-state index < -0.39 is 0 Å². The second kappa shape index (κ2) is 8.96. The molecule has 0 spiro atoms. The third kappa shape index (κ3) is 4.50. The van der Waals surface area contributed by atoms with E-state index >= 15 is 0 Å². The van der Waals surface area contributed by atoms with Gasteiger partial charge in [0.1, 0.15) is 17.6 Å². The maximum Gasteiger partial charge on any atom is 0.256 e. The van der Waals surface area contributed by atoms with Crippen LogP contribution in [0.2, 0.25) is 0 Å². The molecule has 1 aliphatic rings. The van der Waals surface area contributed by atoms with Crippen LogP contribution in [0.15, 0.2) is 55.2 Å². The summed E-state index contributed by atoms with van der Waals surface area (Å²) in [6.45, 7) is 1.53. The first-order valence-electron chi connectivity index (χ1n) is 9.54. The second-order valence-corrected chi connectivity index (χ2v) is 6.76. The minimum absolute atomic E-state index is 0.00292. The number of aromatic nitrogens is 4. The monoisotopic (exact) mass is 401 g/mol. The fourth-order valence-electron chi connectivity index (χ4n) is 3.26. The van der Waals surface area contributed by atoms with Crippen molar-refractivity contribution in [1.29, 1.82) is 5.26 Å². The smallest absolute Gasteiger partial charge is 0.256 e. The molecule has 4 rings (SSSR count). The highest BCUT2D eigenvalue weighted by Crippen LogP contribution is 2.25. The maximum absolute atomic E-state index is 12.6. The van der Waals surface area contributed by atoms with Crippen LogP contribution in [0.4, 0.5) is 11.5 Å². The van der Waals surface area contributed by atoms with E-state index in [0.717, 1.165) is 31.7 Å². The molecule has 0 saturated carbocycles. The zero-order valence-electron chi connectivity index (χ0n) is 16.1. The summed E-state index contributed by atoms with van der Waals surface area (Å²) in [5.74, 6) is 1.44. The van der Waals surface area contributed by atoms with E-state index in [0.29, 0.717) is 11.4 Å². The molecule has 0 bridgehead atoms. The molecule has 3 heterocycles. The molecule has 9 nitrogen and oxygen atoms in total. The minimum Gasteiger partial charge on any atom is -0.436 e. The number of piperidine rings is 1. The van der Waals surface area contributed by atoms with E-state index in [2.05, 4.69) is 30.2 Å². The van der Waals surface area contributed by atoms with Gasteiger partial charge in [-0.1, -0.05) is 0 Å². The van der Waals surface area contributed by atoms with Crippen LogP contribution in [0.25, 0.3) is 0 Å². The zero-order valence-corrected chi connectivity index (χ0v) is 16.1. The number of nitrogens with one attached hydrogen (secondary N) is 1. The summed E-state index contributed by atoms with van der Waals surface area (Å²) in [6, 6.07) is 8.87. The van der Waals surface area contributed by atoms with E-state index in [1.165, 1.54) is 12.4 Å². The predicted octanol–water partition coefficient (Wildman–Crippen LogP) is 2.79. The van der Waals surface area contributed by atoms with E-state index in [-0.39, 0.29) is 23.4 Å². The Balaban J connectivity index is 1.31. The first kappa shape index (κ1) is 19.3. The van der Waals surface area contributed by atoms with Gasteiger partial charge in [0, 0.05) is 49.5 Å². The fraction of sp³-hybridized carbons (Fsp3) is 0.238. The van der Waals surface area contributed by atoms with Gasteiger partial charge in [-0.15, -0.1) is 0 Å². The van der Waals surface area contributed by atoms with Gasteiger partial charge in [-0.2, -0.15) is 5.26 Å². The summed E-state index contributed by atoms with van der Waals surface area (Å²) in [6.07, 6.45) is 9.47. The van der Waals surface area contributed by atoms with Gasteiger partial charge in [0.05, 0.1) is 6.20 Å². The van der Waals surface area contributed by atoms with E-state index in [1.807, 2.05) is 6.07 Å². The third-order valence-electron chi connectivity index (χ3n) is 4.85. The van der Waals surface area contributed by atoms with E-state index in [1.54, 1.807) is 42.9 Å². The van der Waals surface area contributed by atoms with Crippen LogP contribution in [-0.4, -0.2) is 38.9 Å². The Morgan fingerprint density at radius 1 is 1.07 bits per heavy atom. The first-order chi connectivity index (χ1) is 14.7. The highest BCUT2D eigenvalue weighted by Gasteiger charge is 2.25. The molecule has 0 unspecified atom stereocenters. The Labute approximate surface area is 173 Å². The lowest BCUT2D eigenvalue weighted by Gasteiger charge is -2.31. The van der Waals surface area contributed by atoms with Crippen molar-refractivity contribution in [2.45, 2.75) is 12.8 Å². The van der Waals surface area contributed by atoms with Gasteiger partial charge in [0.25, 0.3) is 5.88 Å². The normalized spacial score (nSPS) is 14.0. The molecule has 1 saturated heterocycles. The fourth-order valence-corrected chi connectivity index (χ4v) is 3.26. The number of anilines is 2. The van der Waals surface area contributed by atoms with Gasteiger partial charge in [-0.25, -0.2) is 15.0 Å². The summed E-state index contributed by atoms with van der Waals surface area (Å²) < 4.78 is 5.61. The van der Waals surface area contributed by atoms with Crippen LogP contribution < -0.4 is 15.0 Å². The third-order valence-corrected chi connectivity index (χ3v) is 4.85. The Bertz CT molecular complexity index is 1040. The van der Waals surface area contributed by atoms with Gasteiger partial charge in [-0.3, -0.25) is 9.78 Å². The second-order valence-electron chi connectivity index (χ2n) is 6.76. The standard InChI is InChI=1S/C21H19N7O2/c22-13-18-21(26-10-9-24-18)30-17-3-1-16(2-4-17)27-20(29)15-5-11-28(12-6-15)19-14-23-7-8-25-19/h1-4,7-10,14-15H,5-6,11-12H2,(H,27,29).